The fourth-order valence-corrected chi connectivity index (χ4v) is 4.96. The first kappa shape index (κ1) is 24.4. The molecule has 6 nitrogen and oxygen atoms in total. The summed E-state index contributed by atoms with van der Waals surface area (Å²) in [5.74, 6) is 0.592. The summed E-state index contributed by atoms with van der Waals surface area (Å²) in [5.41, 5.74) is 8.77. The molecule has 0 atom stereocenters. The van der Waals surface area contributed by atoms with Gasteiger partial charge in [0, 0.05) is 24.1 Å². The van der Waals surface area contributed by atoms with Crippen LogP contribution in [0.15, 0.2) is 59.3 Å². The van der Waals surface area contributed by atoms with Gasteiger partial charge in [-0.25, -0.2) is 22.5 Å². The van der Waals surface area contributed by atoms with Gasteiger partial charge in [0.25, 0.3) is 0 Å². The van der Waals surface area contributed by atoms with Gasteiger partial charge in [-0.2, -0.15) is 0 Å². The van der Waals surface area contributed by atoms with Gasteiger partial charge >= 0.3 is 0 Å². The maximum Gasteiger partial charge on any atom is 0.240 e. The number of hydrogen-bond donors (Lipinski definition) is 2. The Balaban J connectivity index is 0.00000289. The Morgan fingerprint density at radius 3 is 2.53 bits per heavy atom. The first-order valence-corrected chi connectivity index (χ1v) is 11.9. The summed E-state index contributed by atoms with van der Waals surface area (Å²) >= 11 is 0. The largest absolute Gasteiger partial charge is 0.327 e. The summed E-state index contributed by atoms with van der Waals surface area (Å²) in [6.45, 7) is 4.27. The molecular weight excluding hydrogens is 451 g/mol. The van der Waals surface area contributed by atoms with Crippen LogP contribution in [-0.4, -0.2) is 30.6 Å². The van der Waals surface area contributed by atoms with Gasteiger partial charge in [0.15, 0.2) is 0 Å². The number of para-hydroxylation sites is 1. The Hall–Kier alpha value is -2.26. The number of hydrogen-bond acceptors (Lipinski definition) is 4. The molecule has 3 N–H and O–H groups in total. The molecule has 1 aliphatic rings. The van der Waals surface area contributed by atoms with E-state index in [0.717, 1.165) is 40.8 Å². The molecule has 1 heterocycles. The number of halogens is 2. The van der Waals surface area contributed by atoms with Crippen LogP contribution in [0.2, 0.25) is 0 Å². The molecule has 1 aliphatic carbocycles. The third kappa shape index (κ3) is 5.04. The normalized spacial score (nSPS) is 14.7. The van der Waals surface area contributed by atoms with E-state index in [0.29, 0.717) is 0 Å². The average Bonchev–Trinajstić information content (AvgIpc) is 3.46. The molecule has 3 aromatic rings. The zero-order valence-corrected chi connectivity index (χ0v) is 19.7. The molecule has 2 aromatic carbocycles. The number of sulfonamides is 1. The minimum absolute atomic E-state index is 0. The Morgan fingerprint density at radius 2 is 1.94 bits per heavy atom. The topological polar surface area (TPSA) is 90.0 Å². The number of benzene rings is 2. The van der Waals surface area contributed by atoms with Gasteiger partial charge in [-0.3, -0.25) is 0 Å². The minimum Gasteiger partial charge on any atom is -0.327 e. The maximum absolute atomic E-state index is 14.3. The standard InChI is InChI=1S/C23H27FN4O2S.ClH/c1-15(2)23-26-22-20(4-3-5-21(22)28(23)14-17(24)12-13-25)16-6-10-19(11-7-16)31(29,30)27-18-8-9-18;/h3-7,10-12,15,18,27H,8-9,13-14,25H2,1-2H3;1H/b17-12-;. The van der Waals surface area contributed by atoms with Crippen molar-refractivity contribution in [1.82, 2.24) is 14.3 Å². The summed E-state index contributed by atoms with van der Waals surface area (Å²) in [7, 11) is -3.50. The lowest BCUT2D eigenvalue weighted by Gasteiger charge is -2.10. The van der Waals surface area contributed by atoms with E-state index in [9.17, 15) is 12.8 Å². The Morgan fingerprint density at radius 1 is 1.25 bits per heavy atom. The van der Waals surface area contributed by atoms with Crippen molar-refractivity contribution < 1.29 is 12.8 Å². The van der Waals surface area contributed by atoms with Crippen molar-refractivity contribution in [1.29, 1.82) is 0 Å². The molecule has 0 unspecified atom stereocenters. The molecule has 0 amide bonds. The second-order valence-corrected chi connectivity index (χ2v) is 9.90. The molecule has 32 heavy (non-hydrogen) atoms. The summed E-state index contributed by atoms with van der Waals surface area (Å²) in [5, 5.41) is 0. The summed E-state index contributed by atoms with van der Waals surface area (Å²) in [6.07, 6.45) is 3.15. The van der Waals surface area contributed by atoms with E-state index in [1.807, 2.05) is 36.6 Å². The third-order valence-electron chi connectivity index (χ3n) is 5.35. The van der Waals surface area contributed by atoms with Gasteiger partial charge in [0.05, 0.1) is 22.5 Å². The lowest BCUT2D eigenvalue weighted by molar-refractivity contribution is 0.541. The fourth-order valence-electron chi connectivity index (χ4n) is 3.65. The molecule has 1 aromatic heterocycles. The number of rotatable bonds is 8. The van der Waals surface area contributed by atoms with Crippen LogP contribution in [0.3, 0.4) is 0 Å². The zero-order valence-electron chi connectivity index (χ0n) is 18.1. The van der Waals surface area contributed by atoms with Crippen molar-refractivity contribution in [3.8, 4) is 11.1 Å². The predicted molar refractivity (Wildman–Crippen MR) is 128 cm³/mol. The number of aromatic nitrogens is 2. The first-order valence-electron chi connectivity index (χ1n) is 10.5. The van der Waals surface area contributed by atoms with E-state index in [1.54, 1.807) is 24.3 Å². The Kier molecular flexibility index (Phi) is 7.39. The lowest BCUT2D eigenvalue weighted by Crippen LogP contribution is -2.25. The second-order valence-electron chi connectivity index (χ2n) is 8.19. The van der Waals surface area contributed by atoms with E-state index >= 15 is 0 Å². The highest BCUT2D eigenvalue weighted by molar-refractivity contribution is 7.89. The molecular formula is C23H28ClFN4O2S. The lowest BCUT2D eigenvalue weighted by atomic mass is 10.0. The van der Waals surface area contributed by atoms with Gasteiger partial charge in [0.1, 0.15) is 11.7 Å². The van der Waals surface area contributed by atoms with Crippen molar-refractivity contribution >= 4 is 33.5 Å². The molecule has 172 valence electrons. The quantitative estimate of drug-likeness (QED) is 0.498. The van der Waals surface area contributed by atoms with E-state index in [4.69, 9.17) is 10.7 Å². The highest BCUT2D eigenvalue weighted by atomic mass is 35.5. The van der Waals surface area contributed by atoms with Crippen LogP contribution in [-0.2, 0) is 16.6 Å². The highest BCUT2D eigenvalue weighted by Crippen LogP contribution is 2.32. The molecule has 9 heteroatoms. The van der Waals surface area contributed by atoms with Crippen molar-refractivity contribution in [3.05, 3.63) is 60.2 Å². The van der Waals surface area contributed by atoms with Crippen LogP contribution >= 0.6 is 12.4 Å². The van der Waals surface area contributed by atoms with Crippen LogP contribution in [0.25, 0.3) is 22.2 Å². The number of allylic oxidation sites excluding steroid dienone is 1. The number of nitrogens with two attached hydrogens (primary N) is 1. The van der Waals surface area contributed by atoms with Crippen LogP contribution in [0.1, 0.15) is 38.4 Å². The molecule has 0 spiro atoms. The van der Waals surface area contributed by atoms with Gasteiger partial charge in [-0.15, -0.1) is 12.4 Å². The van der Waals surface area contributed by atoms with Crippen molar-refractivity contribution in [2.45, 2.75) is 50.1 Å². The van der Waals surface area contributed by atoms with Crippen LogP contribution in [0.5, 0.6) is 0 Å². The smallest absolute Gasteiger partial charge is 0.240 e. The zero-order chi connectivity index (χ0) is 22.2. The van der Waals surface area contributed by atoms with Crippen molar-refractivity contribution in [3.63, 3.8) is 0 Å². The maximum atomic E-state index is 14.3. The van der Waals surface area contributed by atoms with E-state index < -0.39 is 10.0 Å². The number of imidazole rings is 1. The highest BCUT2D eigenvalue weighted by Gasteiger charge is 2.28. The summed E-state index contributed by atoms with van der Waals surface area (Å²) in [4.78, 5) is 5.08. The van der Waals surface area contributed by atoms with Crippen LogP contribution in [0, 0.1) is 0 Å². The van der Waals surface area contributed by atoms with E-state index in [1.165, 1.54) is 6.08 Å². The average molecular weight is 479 g/mol. The van der Waals surface area contributed by atoms with E-state index in [2.05, 4.69) is 4.72 Å². The third-order valence-corrected chi connectivity index (χ3v) is 6.88. The molecule has 0 bridgehead atoms. The van der Waals surface area contributed by atoms with E-state index in [-0.39, 0.29) is 48.2 Å². The Bertz CT molecular complexity index is 1230. The number of nitrogens with one attached hydrogen (secondary N) is 1. The molecule has 0 radical (unpaired) electrons. The summed E-state index contributed by atoms with van der Waals surface area (Å²) < 4.78 is 43.7. The first-order chi connectivity index (χ1) is 14.8. The monoisotopic (exact) mass is 478 g/mol. The van der Waals surface area contributed by atoms with Crippen LogP contribution < -0.4 is 10.5 Å². The number of fused-ring (bicyclic) bond motifs is 1. The molecule has 1 fully saturated rings. The summed E-state index contributed by atoms with van der Waals surface area (Å²) in [6, 6.07) is 12.6. The van der Waals surface area contributed by atoms with Crippen molar-refractivity contribution in [2.75, 3.05) is 6.54 Å². The molecule has 1 saturated carbocycles. The molecule has 0 aliphatic heterocycles. The second kappa shape index (κ2) is 9.70. The van der Waals surface area contributed by atoms with Crippen molar-refractivity contribution in [2.24, 2.45) is 5.73 Å². The predicted octanol–water partition coefficient (Wildman–Crippen LogP) is 4.50. The van der Waals surface area contributed by atoms with Gasteiger partial charge in [0.2, 0.25) is 10.0 Å². The fraction of sp³-hybridized carbons (Fsp3) is 0.348. The number of nitrogens with zero attached hydrogens (tertiary/aromatic N) is 2. The molecule has 4 rings (SSSR count). The molecule has 0 saturated heterocycles. The van der Waals surface area contributed by atoms with Gasteiger partial charge in [-0.1, -0.05) is 38.1 Å². The van der Waals surface area contributed by atoms with Crippen LogP contribution in [0.4, 0.5) is 4.39 Å². The van der Waals surface area contributed by atoms with Gasteiger partial charge < -0.3 is 10.3 Å². The Labute approximate surface area is 194 Å². The van der Waals surface area contributed by atoms with Gasteiger partial charge in [-0.05, 0) is 42.7 Å². The SMILES string of the molecule is CC(C)c1nc2c(-c3ccc(S(=O)(=O)NC4CC4)cc3)cccc2n1C/C(F)=C/CN.Cl. The minimum atomic E-state index is -3.50.